The van der Waals surface area contributed by atoms with E-state index < -0.39 is 18.0 Å². The van der Waals surface area contributed by atoms with Crippen molar-refractivity contribution < 1.29 is 26.5 Å². The molecule has 0 unspecified atom stereocenters. The molecular formula is C16H22F3IN4O3. The van der Waals surface area contributed by atoms with Gasteiger partial charge in [-0.1, -0.05) is 0 Å². The lowest BCUT2D eigenvalue weighted by Gasteiger charge is -2.41. The van der Waals surface area contributed by atoms with Crippen LogP contribution in [0.15, 0.2) is 12.5 Å². The second kappa shape index (κ2) is 8.72. The van der Waals surface area contributed by atoms with Gasteiger partial charge in [0.2, 0.25) is 0 Å². The highest BCUT2D eigenvalue weighted by Crippen LogP contribution is 2.36. The predicted octanol–water partition coefficient (Wildman–Crippen LogP) is 1.48. The number of nitrogens with zero attached hydrogens (tertiary/aromatic N) is 4. The summed E-state index contributed by atoms with van der Waals surface area (Å²) in [6.07, 6.45) is -2.23. The van der Waals surface area contributed by atoms with Gasteiger partial charge in [0, 0.05) is 32.2 Å². The summed E-state index contributed by atoms with van der Waals surface area (Å²) in [6, 6.07) is -0.178. The van der Waals surface area contributed by atoms with E-state index in [4.69, 9.17) is 3.07 Å². The van der Waals surface area contributed by atoms with Crippen LogP contribution in [-0.4, -0.2) is 76.1 Å². The van der Waals surface area contributed by atoms with Crippen LogP contribution in [0.5, 0.6) is 0 Å². The number of anilines is 1. The van der Waals surface area contributed by atoms with Gasteiger partial charge in [0.15, 0.2) is 5.69 Å². The van der Waals surface area contributed by atoms with Gasteiger partial charge in [0.05, 0.1) is 24.6 Å². The molecule has 3 rings (SSSR count). The molecule has 0 aliphatic carbocycles. The Morgan fingerprint density at radius 3 is 2.78 bits per heavy atom. The molecule has 2 fully saturated rings. The van der Waals surface area contributed by atoms with Crippen LogP contribution < -0.4 is 4.90 Å². The zero-order chi connectivity index (χ0) is 19.6. The molecule has 7 nitrogen and oxygen atoms in total. The molecule has 2 aliphatic heterocycles. The average Bonchev–Trinajstić information content (AvgIpc) is 3.10. The fourth-order valence-corrected chi connectivity index (χ4v) is 4.39. The zero-order valence-electron chi connectivity index (χ0n) is 14.5. The van der Waals surface area contributed by atoms with Gasteiger partial charge in [0.1, 0.15) is 35.4 Å². The van der Waals surface area contributed by atoms with Gasteiger partial charge < -0.3 is 18.2 Å². The summed E-state index contributed by atoms with van der Waals surface area (Å²) in [5.41, 5.74) is -0.903. The highest BCUT2D eigenvalue weighted by Gasteiger charge is 2.40. The van der Waals surface area contributed by atoms with E-state index in [1.54, 1.807) is 27.9 Å². The topological polar surface area (TPSA) is 82.0 Å². The first-order chi connectivity index (χ1) is 12.8. The zero-order valence-corrected chi connectivity index (χ0v) is 16.7. The van der Waals surface area contributed by atoms with Crippen molar-refractivity contribution >= 4 is 28.7 Å². The molecule has 2 N–H and O–H groups in total. The number of aromatic nitrogens is 2. The summed E-state index contributed by atoms with van der Waals surface area (Å²) in [6.45, 7) is 1.98. The van der Waals surface area contributed by atoms with E-state index in [0.717, 1.165) is 12.7 Å². The average molecular weight is 502 g/mol. The molecule has 4 atom stereocenters. The number of aliphatic hydroxyl groups excluding tert-OH is 2. The monoisotopic (exact) mass is 502 g/mol. The van der Waals surface area contributed by atoms with Crippen molar-refractivity contribution in [3.63, 3.8) is 0 Å². The molecule has 1 aromatic heterocycles. The van der Waals surface area contributed by atoms with E-state index >= 15 is 0 Å². The lowest BCUT2D eigenvalue weighted by Crippen LogP contribution is -2.55. The van der Waals surface area contributed by atoms with Gasteiger partial charge in [0.25, 0.3) is 0 Å². The van der Waals surface area contributed by atoms with Crippen molar-refractivity contribution in [1.82, 2.24) is 14.9 Å². The number of hydrogen-bond acceptors (Lipinski definition) is 7. The Bertz CT molecular complexity index is 639. The van der Waals surface area contributed by atoms with Crippen molar-refractivity contribution in [2.75, 3.05) is 37.7 Å². The van der Waals surface area contributed by atoms with Crippen molar-refractivity contribution in [2.45, 2.75) is 37.3 Å². The third kappa shape index (κ3) is 4.81. The fourth-order valence-electron chi connectivity index (χ4n) is 3.89. The molecule has 2 saturated heterocycles. The number of alkyl halides is 3. The first kappa shape index (κ1) is 21.0. The predicted molar refractivity (Wildman–Crippen MR) is 99.3 cm³/mol. The third-order valence-corrected chi connectivity index (χ3v) is 5.93. The van der Waals surface area contributed by atoms with Gasteiger partial charge in [-0.15, -0.1) is 0 Å². The largest absolute Gasteiger partial charge is 0.435 e. The van der Waals surface area contributed by atoms with Gasteiger partial charge in [-0.05, 0) is 18.8 Å². The van der Waals surface area contributed by atoms with Crippen LogP contribution in [0.4, 0.5) is 18.9 Å². The molecule has 3 heterocycles. The van der Waals surface area contributed by atoms with Crippen molar-refractivity contribution in [3.8, 4) is 0 Å². The van der Waals surface area contributed by atoms with Crippen LogP contribution >= 0.6 is 23.0 Å². The highest BCUT2D eigenvalue weighted by atomic mass is 127. The standard InChI is InChI=1S/C16H22F3IN4O3/c17-16(18,19)15-12(4-21-9-22-15)23-2-1-10(5-23)6-24-7-14(27-20)13(26)3-11(24)8-25/h4,9-11,13-14,25-26H,1-3,5-8H2/t10-,11-,13+,14+/m1/s1. The van der Waals surface area contributed by atoms with Crippen LogP contribution in [0.3, 0.4) is 0 Å². The molecule has 2 aliphatic rings. The molecule has 152 valence electrons. The summed E-state index contributed by atoms with van der Waals surface area (Å²) in [5.74, 6) is 0.144. The Balaban J connectivity index is 1.66. The summed E-state index contributed by atoms with van der Waals surface area (Å²) in [4.78, 5) is 10.9. The third-order valence-electron chi connectivity index (χ3n) is 5.28. The number of halogens is 4. The maximum atomic E-state index is 13.2. The Hall–Kier alpha value is -0.760. The summed E-state index contributed by atoms with van der Waals surface area (Å²) >= 11 is 1.76. The quantitative estimate of drug-likeness (QED) is 0.591. The molecule has 0 amide bonds. The number of hydrogen-bond donors (Lipinski definition) is 2. The molecule has 0 radical (unpaired) electrons. The van der Waals surface area contributed by atoms with E-state index in [1.807, 2.05) is 0 Å². The molecule has 27 heavy (non-hydrogen) atoms. The smallest absolute Gasteiger partial charge is 0.395 e. The second-order valence-corrected chi connectivity index (χ2v) is 7.58. The maximum Gasteiger partial charge on any atom is 0.435 e. The van der Waals surface area contributed by atoms with E-state index in [1.165, 1.54) is 6.20 Å². The van der Waals surface area contributed by atoms with Crippen LogP contribution in [0.2, 0.25) is 0 Å². The van der Waals surface area contributed by atoms with Gasteiger partial charge in [-0.25, -0.2) is 9.97 Å². The molecular weight excluding hydrogens is 480 g/mol. The van der Waals surface area contributed by atoms with Crippen LogP contribution in [0.25, 0.3) is 0 Å². The molecule has 0 bridgehead atoms. The fraction of sp³-hybridized carbons (Fsp3) is 0.750. The number of likely N-dealkylation sites (tertiary alicyclic amines) is 1. The SMILES string of the molecule is OC[C@H]1C[C@H](O)[C@@H](OI)CN1C[C@@H]1CCN(c2cncnc2C(F)(F)F)C1. The van der Waals surface area contributed by atoms with Crippen LogP contribution in [0, 0.1) is 5.92 Å². The highest BCUT2D eigenvalue weighted by molar-refractivity contribution is 14.1. The number of aliphatic hydroxyl groups is 2. The lowest BCUT2D eigenvalue weighted by molar-refractivity contribution is -0.140. The van der Waals surface area contributed by atoms with Gasteiger partial charge in [-0.3, -0.25) is 4.90 Å². The minimum atomic E-state index is -4.52. The van der Waals surface area contributed by atoms with E-state index in [-0.39, 0.29) is 30.4 Å². The molecule has 0 aromatic carbocycles. The maximum absolute atomic E-state index is 13.2. The minimum Gasteiger partial charge on any atom is -0.395 e. The normalized spacial score (nSPS) is 30.1. The Morgan fingerprint density at radius 1 is 1.33 bits per heavy atom. The van der Waals surface area contributed by atoms with Crippen molar-refractivity contribution in [3.05, 3.63) is 18.2 Å². The van der Waals surface area contributed by atoms with E-state index in [9.17, 15) is 23.4 Å². The number of rotatable bonds is 5. The minimum absolute atomic E-state index is 0.00810. The Kier molecular flexibility index (Phi) is 6.77. The number of piperidine rings is 1. The first-order valence-corrected chi connectivity index (χ1v) is 9.64. The molecule has 0 spiro atoms. The summed E-state index contributed by atoms with van der Waals surface area (Å²) in [5, 5.41) is 19.7. The summed E-state index contributed by atoms with van der Waals surface area (Å²) < 4.78 is 44.9. The van der Waals surface area contributed by atoms with E-state index in [0.29, 0.717) is 32.6 Å². The Morgan fingerprint density at radius 2 is 2.11 bits per heavy atom. The molecule has 0 saturated carbocycles. The van der Waals surface area contributed by atoms with Crippen LogP contribution in [0.1, 0.15) is 18.5 Å². The van der Waals surface area contributed by atoms with Crippen molar-refractivity contribution in [2.24, 2.45) is 5.92 Å². The van der Waals surface area contributed by atoms with E-state index in [2.05, 4.69) is 14.9 Å². The van der Waals surface area contributed by atoms with Crippen LogP contribution in [-0.2, 0) is 9.24 Å². The van der Waals surface area contributed by atoms with Gasteiger partial charge in [-0.2, -0.15) is 13.2 Å². The van der Waals surface area contributed by atoms with Gasteiger partial charge >= 0.3 is 6.18 Å². The summed E-state index contributed by atoms with van der Waals surface area (Å²) in [7, 11) is 0. The molecule has 1 aromatic rings. The lowest BCUT2D eigenvalue weighted by atomic mass is 9.95. The Labute approximate surface area is 169 Å². The molecule has 11 heteroatoms. The van der Waals surface area contributed by atoms with Crippen molar-refractivity contribution in [1.29, 1.82) is 0 Å². The first-order valence-electron chi connectivity index (χ1n) is 8.76. The second-order valence-electron chi connectivity index (χ2n) is 7.08.